The minimum Gasteiger partial charge on any atom is -0.399 e. The molecule has 0 radical (unpaired) electrons. The summed E-state index contributed by atoms with van der Waals surface area (Å²) in [4.78, 5) is 21.9. The number of nitrogens with two attached hydrogens (primary N) is 1. The van der Waals surface area contributed by atoms with Crippen LogP contribution in [-0.4, -0.2) is 49.0 Å². The number of rotatable bonds is 3. The molecule has 0 spiro atoms. The fourth-order valence-corrected chi connectivity index (χ4v) is 3.99. The van der Waals surface area contributed by atoms with E-state index in [2.05, 4.69) is 33.2 Å². The minimum atomic E-state index is -0.0394. The van der Waals surface area contributed by atoms with E-state index in [1.165, 1.54) is 11.1 Å². The zero-order valence-electron chi connectivity index (χ0n) is 15.8. The SMILES string of the molecule is CN1CCN(c2cc(C(=O)NC3CCCc4cc(N)ccc43)ccn2)CC1. The number of benzene rings is 1. The third-order valence-corrected chi connectivity index (χ3v) is 5.62. The summed E-state index contributed by atoms with van der Waals surface area (Å²) >= 11 is 0. The number of nitrogens with zero attached hydrogens (tertiary/aromatic N) is 3. The highest BCUT2D eigenvalue weighted by molar-refractivity contribution is 5.95. The number of anilines is 2. The molecule has 1 aromatic heterocycles. The number of fused-ring (bicyclic) bond motifs is 1. The number of carbonyl (C=O) groups is 1. The van der Waals surface area contributed by atoms with Crippen LogP contribution in [0.15, 0.2) is 36.5 Å². The molecule has 1 saturated heterocycles. The maximum atomic E-state index is 12.9. The third-order valence-electron chi connectivity index (χ3n) is 5.62. The second kappa shape index (κ2) is 7.56. The van der Waals surface area contributed by atoms with Crippen LogP contribution in [0.2, 0.25) is 0 Å². The van der Waals surface area contributed by atoms with E-state index in [1.54, 1.807) is 12.3 Å². The average molecular weight is 365 g/mol. The first kappa shape index (κ1) is 17.8. The van der Waals surface area contributed by atoms with E-state index in [4.69, 9.17) is 5.73 Å². The van der Waals surface area contributed by atoms with Crippen LogP contribution in [0.5, 0.6) is 0 Å². The van der Waals surface area contributed by atoms with E-state index in [0.717, 1.165) is 56.9 Å². The number of amides is 1. The summed E-state index contributed by atoms with van der Waals surface area (Å²) in [6, 6.07) is 9.75. The molecule has 2 aliphatic rings. The normalized spacial score (nSPS) is 20.2. The number of likely N-dealkylation sites (N-methyl/N-ethyl adjacent to an activating group) is 1. The molecule has 27 heavy (non-hydrogen) atoms. The number of aryl methyl sites for hydroxylation is 1. The second-order valence-corrected chi connectivity index (χ2v) is 7.57. The van der Waals surface area contributed by atoms with Crippen LogP contribution in [0, 0.1) is 0 Å². The predicted molar refractivity (Wildman–Crippen MR) is 108 cm³/mol. The number of aromatic nitrogens is 1. The molecule has 1 aliphatic carbocycles. The van der Waals surface area contributed by atoms with Crippen molar-refractivity contribution >= 4 is 17.4 Å². The summed E-state index contributed by atoms with van der Waals surface area (Å²) in [5, 5.41) is 3.21. The first-order chi connectivity index (χ1) is 13.1. The highest BCUT2D eigenvalue weighted by atomic mass is 16.1. The molecule has 6 heteroatoms. The van der Waals surface area contributed by atoms with Crippen LogP contribution < -0.4 is 16.0 Å². The van der Waals surface area contributed by atoms with E-state index < -0.39 is 0 Å². The van der Waals surface area contributed by atoms with Crippen LogP contribution in [0.3, 0.4) is 0 Å². The Labute approximate surface area is 160 Å². The summed E-state index contributed by atoms with van der Waals surface area (Å²) in [5.41, 5.74) is 9.81. The van der Waals surface area contributed by atoms with E-state index >= 15 is 0 Å². The number of hydrogen-bond acceptors (Lipinski definition) is 5. The topological polar surface area (TPSA) is 74.5 Å². The Kier molecular flexibility index (Phi) is 4.99. The van der Waals surface area contributed by atoms with Gasteiger partial charge in [-0.1, -0.05) is 6.07 Å². The van der Waals surface area contributed by atoms with Crippen LogP contribution >= 0.6 is 0 Å². The molecular formula is C21H27N5O. The summed E-state index contributed by atoms with van der Waals surface area (Å²) < 4.78 is 0. The van der Waals surface area contributed by atoms with Crippen molar-refractivity contribution in [2.24, 2.45) is 0 Å². The number of nitrogens with one attached hydrogen (secondary N) is 1. The molecule has 0 bridgehead atoms. The van der Waals surface area contributed by atoms with E-state index in [9.17, 15) is 4.79 Å². The zero-order chi connectivity index (χ0) is 18.8. The molecule has 3 N–H and O–H groups in total. The van der Waals surface area contributed by atoms with E-state index in [-0.39, 0.29) is 11.9 Å². The van der Waals surface area contributed by atoms with Crippen LogP contribution in [-0.2, 0) is 6.42 Å². The van der Waals surface area contributed by atoms with Crippen LogP contribution in [0.1, 0.15) is 40.4 Å². The monoisotopic (exact) mass is 365 g/mol. The Hall–Kier alpha value is -2.60. The van der Waals surface area contributed by atoms with E-state index in [1.807, 2.05) is 18.2 Å². The largest absolute Gasteiger partial charge is 0.399 e. The molecule has 6 nitrogen and oxygen atoms in total. The Morgan fingerprint density at radius 3 is 2.81 bits per heavy atom. The van der Waals surface area contributed by atoms with Gasteiger partial charge in [0.15, 0.2) is 0 Å². The van der Waals surface area contributed by atoms with Crippen molar-refractivity contribution in [2.45, 2.75) is 25.3 Å². The van der Waals surface area contributed by atoms with Gasteiger partial charge < -0.3 is 20.9 Å². The molecule has 1 amide bonds. The first-order valence-corrected chi connectivity index (χ1v) is 9.69. The number of carbonyl (C=O) groups excluding carboxylic acids is 1. The Morgan fingerprint density at radius 2 is 2.00 bits per heavy atom. The van der Waals surface area contributed by atoms with Gasteiger partial charge in [-0.25, -0.2) is 4.98 Å². The van der Waals surface area contributed by atoms with Crippen molar-refractivity contribution in [2.75, 3.05) is 43.9 Å². The van der Waals surface area contributed by atoms with Crippen molar-refractivity contribution in [1.29, 1.82) is 0 Å². The lowest BCUT2D eigenvalue weighted by Gasteiger charge is -2.33. The molecule has 2 heterocycles. The number of piperazine rings is 1. The first-order valence-electron chi connectivity index (χ1n) is 9.69. The maximum absolute atomic E-state index is 12.9. The Bertz CT molecular complexity index is 829. The van der Waals surface area contributed by atoms with E-state index in [0.29, 0.717) is 5.56 Å². The summed E-state index contributed by atoms with van der Waals surface area (Å²) in [6.07, 6.45) is 4.77. The summed E-state index contributed by atoms with van der Waals surface area (Å²) in [6.45, 7) is 3.90. The summed E-state index contributed by atoms with van der Waals surface area (Å²) in [5.74, 6) is 0.843. The van der Waals surface area contributed by atoms with Crippen molar-refractivity contribution in [3.8, 4) is 0 Å². The molecule has 0 saturated carbocycles. The minimum absolute atomic E-state index is 0.0394. The second-order valence-electron chi connectivity index (χ2n) is 7.57. The van der Waals surface area contributed by atoms with Gasteiger partial charge in [0, 0.05) is 43.6 Å². The lowest BCUT2D eigenvalue weighted by Crippen LogP contribution is -2.44. The fraction of sp³-hybridized carbons (Fsp3) is 0.429. The van der Waals surface area contributed by atoms with Crippen molar-refractivity contribution < 1.29 is 4.79 Å². The van der Waals surface area contributed by atoms with Gasteiger partial charge in [-0.15, -0.1) is 0 Å². The third kappa shape index (κ3) is 3.90. The number of nitrogen functional groups attached to an aromatic ring is 1. The van der Waals surface area contributed by atoms with Crippen molar-refractivity contribution in [1.82, 2.24) is 15.2 Å². The van der Waals surface area contributed by atoms with Crippen LogP contribution in [0.25, 0.3) is 0 Å². The molecule has 142 valence electrons. The maximum Gasteiger partial charge on any atom is 0.251 e. The van der Waals surface area contributed by atoms with Gasteiger partial charge in [0.05, 0.1) is 6.04 Å². The number of hydrogen-bond donors (Lipinski definition) is 2. The standard InChI is InChI=1S/C21H27N5O/c1-25-9-11-26(12-10-25)20-14-16(7-8-23-20)21(27)24-19-4-2-3-15-13-17(22)5-6-18(15)19/h5-8,13-14,19H,2-4,9-12,22H2,1H3,(H,24,27). The predicted octanol–water partition coefficient (Wildman–Crippen LogP) is 2.22. The molecular weight excluding hydrogens is 338 g/mol. The summed E-state index contributed by atoms with van der Waals surface area (Å²) in [7, 11) is 2.13. The lowest BCUT2D eigenvalue weighted by molar-refractivity contribution is 0.0932. The van der Waals surface area contributed by atoms with Gasteiger partial charge in [-0.3, -0.25) is 4.79 Å². The Balaban J connectivity index is 1.49. The average Bonchev–Trinajstić information content (AvgIpc) is 2.68. The Morgan fingerprint density at radius 1 is 1.19 bits per heavy atom. The zero-order valence-corrected chi connectivity index (χ0v) is 15.8. The van der Waals surface area contributed by atoms with Gasteiger partial charge in [-0.2, -0.15) is 0 Å². The van der Waals surface area contributed by atoms with Gasteiger partial charge in [-0.05, 0) is 61.7 Å². The fourth-order valence-electron chi connectivity index (χ4n) is 3.99. The van der Waals surface area contributed by atoms with Gasteiger partial charge >= 0.3 is 0 Å². The van der Waals surface area contributed by atoms with Gasteiger partial charge in [0.2, 0.25) is 0 Å². The highest BCUT2D eigenvalue weighted by Crippen LogP contribution is 2.31. The van der Waals surface area contributed by atoms with Crippen LogP contribution in [0.4, 0.5) is 11.5 Å². The highest BCUT2D eigenvalue weighted by Gasteiger charge is 2.23. The van der Waals surface area contributed by atoms with Gasteiger partial charge in [0.1, 0.15) is 5.82 Å². The van der Waals surface area contributed by atoms with Crippen molar-refractivity contribution in [3.63, 3.8) is 0 Å². The molecule has 1 fully saturated rings. The smallest absolute Gasteiger partial charge is 0.251 e. The molecule has 1 aromatic carbocycles. The van der Waals surface area contributed by atoms with Gasteiger partial charge in [0.25, 0.3) is 5.91 Å². The van der Waals surface area contributed by atoms with Crippen molar-refractivity contribution in [3.05, 3.63) is 53.2 Å². The molecule has 1 atom stereocenters. The molecule has 2 aromatic rings. The quantitative estimate of drug-likeness (QED) is 0.816. The lowest BCUT2D eigenvalue weighted by atomic mass is 9.87. The molecule has 1 aliphatic heterocycles. The number of pyridine rings is 1. The molecule has 4 rings (SSSR count). The molecule has 1 unspecified atom stereocenters.